The molecular weight excluding hydrogens is 278 g/mol. The van der Waals surface area contributed by atoms with E-state index in [4.69, 9.17) is 4.74 Å². The molecule has 1 aromatic heterocycles. The quantitative estimate of drug-likeness (QED) is 0.849. The van der Waals surface area contributed by atoms with Gasteiger partial charge in [0.25, 0.3) is 5.56 Å². The first-order chi connectivity index (χ1) is 10.7. The molecule has 22 heavy (non-hydrogen) atoms. The highest BCUT2D eigenvalue weighted by Gasteiger charge is 2.09. The summed E-state index contributed by atoms with van der Waals surface area (Å²) in [5.74, 6) is 0. The van der Waals surface area contributed by atoms with Crippen molar-refractivity contribution in [1.82, 2.24) is 15.1 Å². The Balaban J connectivity index is 2.43. The summed E-state index contributed by atoms with van der Waals surface area (Å²) in [6.07, 6.45) is 0. The predicted molar refractivity (Wildman–Crippen MR) is 87.9 cm³/mol. The van der Waals surface area contributed by atoms with Crippen molar-refractivity contribution in [3.8, 4) is 11.3 Å². The van der Waals surface area contributed by atoms with Crippen molar-refractivity contribution in [2.24, 2.45) is 0 Å². The lowest BCUT2D eigenvalue weighted by Crippen LogP contribution is -2.30. The summed E-state index contributed by atoms with van der Waals surface area (Å²) in [5.41, 5.74) is 3.68. The third-order valence-electron chi connectivity index (χ3n) is 3.47. The van der Waals surface area contributed by atoms with Crippen LogP contribution in [0.4, 0.5) is 0 Å². The lowest BCUT2D eigenvalue weighted by molar-refractivity contribution is 0.182. The first kappa shape index (κ1) is 16.4. The molecule has 0 aliphatic carbocycles. The number of rotatable bonds is 7. The second-order valence-corrected chi connectivity index (χ2v) is 5.22. The van der Waals surface area contributed by atoms with Crippen molar-refractivity contribution in [3.05, 3.63) is 51.8 Å². The molecule has 0 fully saturated rings. The van der Waals surface area contributed by atoms with E-state index in [1.54, 1.807) is 7.11 Å². The Morgan fingerprint density at radius 1 is 1.27 bits per heavy atom. The van der Waals surface area contributed by atoms with Crippen LogP contribution in [0, 0.1) is 6.92 Å². The summed E-state index contributed by atoms with van der Waals surface area (Å²) in [6.45, 7) is 6.35. The molecule has 0 aliphatic rings. The summed E-state index contributed by atoms with van der Waals surface area (Å²) in [7, 11) is 1.62. The lowest BCUT2D eigenvalue weighted by Gasteiger charge is -2.11. The molecule has 1 heterocycles. The van der Waals surface area contributed by atoms with Crippen LogP contribution in [0.15, 0.2) is 35.1 Å². The van der Waals surface area contributed by atoms with E-state index >= 15 is 0 Å². The van der Waals surface area contributed by atoms with Gasteiger partial charge in [-0.15, -0.1) is 0 Å². The van der Waals surface area contributed by atoms with E-state index in [0.717, 1.165) is 23.4 Å². The second kappa shape index (κ2) is 7.87. The van der Waals surface area contributed by atoms with Crippen LogP contribution in [-0.4, -0.2) is 30.0 Å². The molecular formula is C17H23N3O2. The molecule has 0 amide bonds. The van der Waals surface area contributed by atoms with Gasteiger partial charge in [0.05, 0.1) is 18.8 Å². The third kappa shape index (κ3) is 4.02. The second-order valence-electron chi connectivity index (χ2n) is 5.22. The summed E-state index contributed by atoms with van der Waals surface area (Å²) in [4.78, 5) is 12.4. The van der Waals surface area contributed by atoms with Crippen LogP contribution in [0.5, 0.6) is 0 Å². The molecule has 0 unspecified atom stereocenters. The monoisotopic (exact) mass is 301 g/mol. The highest BCUT2D eigenvalue weighted by atomic mass is 16.5. The Bertz CT molecular complexity index is 630. The van der Waals surface area contributed by atoms with E-state index in [1.807, 2.05) is 44.2 Å². The topological polar surface area (TPSA) is 56.1 Å². The normalized spacial score (nSPS) is 10.9. The number of methoxy groups -OCH3 is 1. The predicted octanol–water partition coefficient (Wildman–Crippen LogP) is 1.97. The molecule has 0 bridgehead atoms. The minimum absolute atomic E-state index is 0.0612. The van der Waals surface area contributed by atoms with Crippen molar-refractivity contribution in [2.75, 3.05) is 20.3 Å². The highest BCUT2D eigenvalue weighted by Crippen LogP contribution is 2.17. The zero-order valence-electron chi connectivity index (χ0n) is 13.4. The Morgan fingerprint density at radius 2 is 2.00 bits per heavy atom. The minimum Gasteiger partial charge on any atom is -0.383 e. The van der Waals surface area contributed by atoms with Gasteiger partial charge in [0.15, 0.2) is 0 Å². The molecule has 1 N–H and O–H groups in total. The number of hydrogen-bond acceptors (Lipinski definition) is 4. The van der Waals surface area contributed by atoms with Crippen molar-refractivity contribution in [1.29, 1.82) is 0 Å². The standard InChI is InChI=1S/C17H23N3O2/c1-4-18-12-15-11-16(14-7-5-13(2)6-8-14)19-20(17(15)21)9-10-22-3/h5-8,11,18H,4,9-10,12H2,1-3H3. The fourth-order valence-electron chi connectivity index (χ4n) is 2.18. The summed E-state index contributed by atoms with van der Waals surface area (Å²) in [5, 5.41) is 7.68. The molecule has 5 nitrogen and oxygen atoms in total. The minimum atomic E-state index is -0.0612. The summed E-state index contributed by atoms with van der Waals surface area (Å²) in [6, 6.07) is 10.0. The van der Waals surface area contributed by atoms with Gasteiger partial charge in [0, 0.05) is 24.8 Å². The number of aryl methyl sites for hydroxylation is 1. The van der Waals surface area contributed by atoms with E-state index in [9.17, 15) is 4.79 Å². The van der Waals surface area contributed by atoms with E-state index in [1.165, 1.54) is 10.2 Å². The van der Waals surface area contributed by atoms with Crippen LogP contribution in [0.1, 0.15) is 18.1 Å². The van der Waals surface area contributed by atoms with Gasteiger partial charge in [-0.05, 0) is 19.5 Å². The maximum Gasteiger partial charge on any atom is 0.271 e. The molecule has 1 aromatic carbocycles. The molecule has 2 aromatic rings. The molecule has 118 valence electrons. The Labute approximate surface area is 130 Å². The number of aromatic nitrogens is 2. The van der Waals surface area contributed by atoms with Crippen LogP contribution in [0.3, 0.4) is 0 Å². The van der Waals surface area contributed by atoms with E-state index < -0.39 is 0 Å². The molecule has 0 spiro atoms. The van der Waals surface area contributed by atoms with Crippen molar-refractivity contribution in [2.45, 2.75) is 26.9 Å². The fraction of sp³-hybridized carbons (Fsp3) is 0.412. The molecule has 0 saturated heterocycles. The first-order valence-electron chi connectivity index (χ1n) is 7.53. The van der Waals surface area contributed by atoms with Gasteiger partial charge in [-0.2, -0.15) is 5.10 Å². The van der Waals surface area contributed by atoms with Gasteiger partial charge in [-0.1, -0.05) is 36.8 Å². The Kier molecular flexibility index (Phi) is 5.86. The number of hydrogen-bond donors (Lipinski definition) is 1. The van der Waals surface area contributed by atoms with Crippen LogP contribution < -0.4 is 10.9 Å². The smallest absolute Gasteiger partial charge is 0.271 e. The van der Waals surface area contributed by atoms with Crippen LogP contribution in [0.2, 0.25) is 0 Å². The average Bonchev–Trinajstić information content (AvgIpc) is 2.53. The molecule has 0 aliphatic heterocycles. The zero-order chi connectivity index (χ0) is 15.9. The maximum atomic E-state index is 12.4. The zero-order valence-corrected chi connectivity index (χ0v) is 13.4. The van der Waals surface area contributed by atoms with Crippen molar-refractivity contribution in [3.63, 3.8) is 0 Å². The van der Waals surface area contributed by atoms with Crippen molar-refractivity contribution < 1.29 is 4.74 Å². The molecule has 2 rings (SSSR count). The van der Waals surface area contributed by atoms with Gasteiger partial charge in [0.2, 0.25) is 0 Å². The van der Waals surface area contributed by atoms with Crippen molar-refractivity contribution >= 4 is 0 Å². The average molecular weight is 301 g/mol. The lowest BCUT2D eigenvalue weighted by atomic mass is 10.1. The Hall–Kier alpha value is -1.98. The molecule has 5 heteroatoms. The third-order valence-corrected chi connectivity index (χ3v) is 3.47. The number of nitrogens with zero attached hydrogens (tertiary/aromatic N) is 2. The van der Waals surface area contributed by atoms with Crippen LogP contribution in [0.25, 0.3) is 11.3 Å². The van der Waals surface area contributed by atoms with E-state index in [2.05, 4.69) is 10.4 Å². The molecule has 0 saturated carbocycles. The first-order valence-corrected chi connectivity index (χ1v) is 7.53. The largest absolute Gasteiger partial charge is 0.383 e. The van der Waals surface area contributed by atoms with E-state index in [0.29, 0.717) is 19.7 Å². The van der Waals surface area contributed by atoms with Gasteiger partial charge < -0.3 is 10.1 Å². The SMILES string of the molecule is CCNCc1cc(-c2ccc(C)cc2)nn(CCOC)c1=O. The van der Waals surface area contributed by atoms with Gasteiger partial charge >= 0.3 is 0 Å². The number of benzene rings is 1. The van der Waals surface area contributed by atoms with E-state index in [-0.39, 0.29) is 5.56 Å². The summed E-state index contributed by atoms with van der Waals surface area (Å²) >= 11 is 0. The molecule has 0 radical (unpaired) electrons. The number of ether oxygens (including phenoxy) is 1. The summed E-state index contributed by atoms with van der Waals surface area (Å²) < 4.78 is 6.56. The fourth-order valence-corrected chi connectivity index (χ4v) is 2.18. The highest BCUT2D eigenvalue weighted by molar-refractivity contribution is 5.59. The van der Waals surface area contributed by atoms with Crippen LogP contribution >= 0.6 is 0 Å². The van der Waals surface area contributed by atoms with Gasteiger partial charge in [-0.25, -0.2) is 4.68 Å². The Morgan fingerprint density at radius 3 is 2.64 bits per heavy atom. The van der Waals surface area contributed by atoms with Gasteiger partial charge in [-0.3, -0.25) is 4.79 Å². The maximum absolute atomic E-state index is 12.4. The van der Waals surface area contributed by atoms with Gasteiger partial charge in [0.1, 0.15) is 0 Å². The number of nitrogens with one attached hydrogen (secondary N) is 1. The van der Waals surface area contributed by atoms with Crippen LogP contribution in [-0.2, 0) is 17.8 Å². The molecule has 0 atom stereocenters.